The lowest BCUT2D eigenvalue weighted by Crippen LogP contribution is -2.48. The maximum atomic E-state index is 12.4. The van der Waals surface area contributed by atoms with E-state index in [0.29, 0.717) is 24.6 Å². The van der Waals surface area contributed by atoms with Gasteiger partial charge in [-0.05, 0) is 26.0 Å². The number of amides is 2. The van der Waals surface area contributed by atoms with Crippen molar-refractivity contribution in [1.82, 2.24) is 9.80 Å². The zero-order valence-corrected chi connectivity index (χ0v) is 13.7. The van der Waals surface area contributed by atoms with E-state index in [1.807, 2.05) is 26.0 Å². The van der Waals surface area contributed by atoms with Crippen LogP contribution in [0.15, 0.2) is 12.1 Å². The molecule has 0 aromatic carbocycles. The summed E-state index contributed by atoms with van der Waals surface area (Å²) in [5.41, 5.74) is 0. The summed E-state index contributed by atoms with van der Waals surface area (Å²) >= 11 is 3.30. The summed E-state index contributed by atoms with van der Waals surface area (Å²) < 4.78 is 0. The first-order valence-corrected chi connectivity index (χ1v) is 8.67. The predicted molar refractivity (Wildman–Crippen MR) is 84.0 cm³/mol. The molecule has 0 radical (unpaired) electrons. The van der Waals surface area contributed by atoms with Gasteiger partial charge in [0.25, 0.3) is 0 Å². The SMILES string of the molecule is CCN(C)C(=O)C1CSCN1C(=O)Cc1ccc(C)s1. The van der Waals surface area contributed by atoms with Gasteiger partial charge in [0.2, 0.25) is 11.8 Å². The quantitative estimate of drug-likeness (QED) is 0.853. The van der Waals surface area contributed by atoms with Crippen LogP contribution in [-0.2, 0) is 16.0 Å². The van der Waals surface area contributed by atoms with Gasteiger partial charge >= 0.3 is 0 Å². The number of carbonyl (C=O) groups excluding carboxylic acids is 2. The highest BCUT2D eigenvalue weighted by Gasteiger charge is 2.35. The largest absolute Gasteiger partial charge is 0.344 e. The van der Waals surface area contributed by atoms with Crippen molar-refractivity contribution in [2.45, 2.75) is 26.3 Å². The molecule has 1 unspecified atom stereocenters. The van der Waals surface area contributed by atoms with Gasteiger partial charge in [-0.15, -0.1) is 23.1 Å². The Labute approximate surface area is 128 Å². The molecule has 110 valence electrons. The van der Waals surface area contributed by atoms with E-state index in [1.54, 1.807) is 39.9 Å². The van der Waals surface area contributed by atoms with Crippen LogP contribution in [0, 0.1) is 6.92 Å². The van der Waals surface area contributed by atoms with E-state index in [4.69, 9.17) is 0 Å². The third-order valence-corrected chi connectivity index (χ3v) is 5.47. The molecule has 1 atom stereocenters. The van der Waals surface area contributed by atoms with Crippen molar-refractivity contribution >= 4 is 34.9 Å². The fraction of sp³-hybridized carbons (Fsp3) is 0.571. The summed E-state index contributed by atoms with van der Waals surface area (Å²) in [4.78, 5) is 30.4. The van der Waals surface area contributed by atoms with Crippen LogP contribution in [0.2, 0.25) is 0 Å². The fourth-order valence-electron chi connectivity index (χ4n) is 2.13. The highest BCUT2D eigenvalue weighted by Crippen LogP contribution is 2.24. The van der Waals surface area contributed by atoms with Crippen molar-refractivity contribution in [1.29, 1.82) is 0 Å². The lowest BCUT2D eigenvalue weighted by molar-refractivity contribution is -0.142. The van der Waals surface area contributed by atoms with E-state index in [1.165, 1.54) is 4.88 Å². The number of rotatable bonds is 4. The number of aryl methyl sites for hydroxylation is 1. The molecule has 2 heterocycles. The summed E-state index contributed by atoms with van der Waals surface area (Å²) in [6, 6.07) is 3.73. The monoisotopic (exact) mass is 312 g/mol. The van der Waals surface area contributed by atoms with Crippen molar-refractivity contribution in [3.8, 4) is 0 Å². The smallest absolute Gasteiger partial charge is 0.245 e. The van der Waals surface area contributed by atoms with E-state index in [-0.39, 0.29) is 17.9 Å². The number of thiophene rings is 1. The van der Waals surface area contributed by atoms with E-state index >= 15 is 0 Å². The Bertz CT molecular complexity index is 501. The van der Waals surface area contributed by atoms with Gasteiger partial charge in [0.05, 0.1) is 12.3 Å². The molecular formula is C14H20N2O2S2. The Kier molecular flexibility index (Phi) is 5.10. The minimum Gasteiger partial charge on any atom is -0.344 e. The Morgan fingerprint density at radius 3 is 2.80 bits per heavy atom. The molecule has 0 aliphatic carbocycles. The third-order valence-electron chi connectivity index (χ3n) is 3.46. The van der Waals surface area contributed by atoms with Crippen LogP contribution in [0.1, 0.15) is 16.7 Å². The van der Waals surface area contributed by atoms with Gasteiger partial charge in [-0.25, -0.2) is 0 Å². The minimum atomic E-state index is -0.293. The molecule has 1 fully saturated rings. The van der Waals surface area contributed by atoms with E-state index in [9.17, 15) is 9.59 Å². The molecule has 4 nitrogen and oxygen atoms in total. The van der Waals surface area contributed by atoms with Gasteiger partial charge < -0.3 is 9.80 Å². The van der Waals surface area contributed by atoms with Gasteiger partial charge in [0.15, 0.2) is 0 Å². The van der Waals surface area contributed by atoms with Gasteiger partial charge in [-0.1, -0.05) is 0 Å². The fourth-order valence-corrected chi connectivity index (χ4v) is 4.19. The Morgan fingerprint density at radius 2 is 2.20 bits per heavy atom. The highest BCUT2D eigenvalue weighted by atomic mass is 32.2. The van der Waals surface area contributed by atoms with Crippen LogP contribution in [0.25, 0.3) is 0 Å². The van der Waals surface area contributed by atoms with Crippen molar-refractivity contribution in [2.24, 2.45) is 0 Å². The van der Waals surface area contributed by atoms with Gasteiger partial charge in [-0.3, -0.25) is 9.59 Å². The first-order valence-electron chi connectivity index (χ1n) is 6.70. The number of carbonyl (C=O) groups is 2. The lowest BCUT2D eigenvalue weighted by Gasteiger charge is -2.26. The second-order valence-electron chi connectivity index (χ2n) is 4.92. The van der Waals surface area contributed by atoms with Crippen LogP contribution in [0.3, 0.4) is 0 Å². The highest BCUT2D eigenvalue weighted by molar-refractivity contribution is 7.99. The normalized spacial score (nSPS) is 18.4. The molecule has 1 saturated heterocycles. The molecule has 1 aromatic heterocycles. The van der Waals surface area contributed by atoms with Gasteiger partial charge in [0, 0.05) is 29.1 Å². The predicted octanol–water partition coefficient (Wildman–Crippen LogP) is 1.98. The minimum absolute atomic E-state index is 0.0493. The first-order chi connectivity index (χ1) is 9.52. The molecule has 0 bridgehead atoms. The summed E-state index contributed by atoms with van der Waals surface area (Å²) in [6.45, 7) is 4.65. The zero-order valence-electron chi connectivity index (χ0n) is 12.1. The molecule has 0 saturated carbocycles. The van der Waals surface area contributed by atoms with Crippen molar-refractivity contribution < 1.29 is 9.59 Å². The molecule has 1 aromatic rings. The summed E-state index contributed by atoms with van der Waals surface area (Å²) in [7, 11) is 1.79. The second kappa shape index (κ2) is 6.63. The average molecular weight is 312 g/mol. The van der Waals surface area contributed by atoms with E-state index < -0.39 is 0 Å². The zero-order chi connectivity index (χ0) is 14.7. The van der Waals surface area contributed by atoms with E-state index in [0.717, 1.165) is 4.88 Å². The average Bonchev–Trinajstić information content (AvgIpc) is 3.05. The standard InChI is InChI=1S/C14H20N2O2S2/c1-4-15(3)14(18)12-8-19-9-16(12)13(17)7-11-6-5-10(2)20-11/h5-6,12H,4,7-9H2,1-3H3. The third kappa shape index (κ3) is 3.35. The molecule has 0 spiro atoms. The maximum Gasteiger partial charge on any atom is 0.245 e. The van der Waals surface area contributed by atoms with E-state index in [2.05, 4.69) is 0 Å². The molecule has 1 aliphatic heterocycles. The number of nitrogens with zero attached hydrogens (tertiary/aromatic N) is 2. The molecular weight excluding hydrogens is 292 g/mol. The van der Waals surface area contributed by atoms with Crippen molar-refractivity contribution in [3.63, 3.8) is 0 Å². The van der Waals surface area contributed by atoms with Gasteiger partial charge in [-0.2, -0.15) is 0 Å². The maximum absolute atomic E-state index is 12.4. The van der Waals surface area contributed by atoms with Crippen LogP contribution in [-0.4, -0.2) is 52.9 Å². The second-order valence-corrected chi connectivity index (χ2v) is 7.29. The van der Waals surface area contributed by atoms with Crippen LogP contribution >= 0.6 is 23.1 Å². The Hall–Kier alpha value is -1.01. The van der Waals surface area contributed by atoms with Crippen molar-refractivity contribution in [2.75, 3.05) is 25.2 Å². The number of thioether (sulfide) groups is 1. The van der Waals surface area contributed by atoms with Crippen LogP contribution < -0.4 is 0 Å². The Balaban J connectivity index is 2.03. The number of likely N-dealkylation sites (N-methyl/N-ethyl adjacent to an activating group) is 1. The topological polar surface area (TPSA) is 40.6 Å². The molecule has 20 heavy (non-hydrogen) atoms. The summed E-state index contributed by atoms with van der Waals surface area (Å²) in [5.74, 6) is 1.43. The number of hydrogen-bond acceptors (Lipinski definition) is 4. The summed E-state index contributed by atoms with van der Waals surface area (Å²) in [5, 5.41) is 0. The van der Waals surface area contributed by atoms with Crippen LogP contribution in [0.5, 0.6) is 0 Å². The molecule has 2 rings (SSSR count). The lowest BCUT2D eigenvalue weighted by atomic mass is 10.2. The molecule has 2 amide bonds. The first kappa shape index (κ1) is 15.4. The number of hydrogen-bond donors (Lipinski definition) is 0. The Morgan fingerprint density at radius 1 is 1.45 bits per heavy atom. The molecule has 6 heteroatoms. The molecule has 0 N–H and O–H groups in total. The van der Waals surface area contributed by atoms with Crippen LogP contribution in [0.4, 0.5) is 0 Å². The molecule has 1 aliphatic rings. The summed E-state index contributed by atoms with van der Waals surface area (Å²) in [6.07, 6.45) is 0.401. The van der Waals surface area contributed by atoms with Gasteiger partial charge in [0.1, 0.15) is 6.04 Å². The van der Waals surface area contributed by atoms with Crippen molar-refractivity contribution in [3.05, 3.63) is 21.9 Å².